The van der Waals surface area contributed by atoms with Crippen molar-refractivity contribution >= 4 is 48.3 Å². The zero-order chi connectivity index (χ0) is 14.8. The van der Waals surface area contributed by atoms with Crippen LogP contribution in [0.3, 0.4) is 0 Å². The average molecular weight is 360 g/mol. The number of hydrogen-bond acceptors (Lipinski definition) is 4. The summed E-state index contributed by atoms with van der Waals surface area (Å²) < 4.78 is 2.13. The number of hydrogen-bond donors (Lipinski definition) is 1. The average Bonchev–Trinajstić information content (AvgIpc) is 2.90. The molecule has 0 aliphatic rings. The summed E-state index contributed by atoms with van der Waals surface area (Å²) in [4.78, 5) is 4.57. The summed E-state index contributed by atoms with van der Waals surface area (Å²) in [6, 6.07) is 14.6. The largest absolute Gasteiger partial charge is 0.253 e. The van der Waals surface area contributed by atoms with Gasteiger partial charge in [0.1, 0.15) is 0 Å². The molecular formula is C16H14BrN3S. The zero-order valence-corrected chi connectivity index (χ0v) is 14.1. The van der Waals surface area contributed by atoms with E-state index < -0.39 is 0 Å². The number of rotatable bonds is 3. The van der Waals surface area contributed by atoms with Crippen molar-refractivity contribution in [2.24, 2.45) is 5.10 Å². The second-order valence-electron chi connectivity index (χ2n) is 4.86. The molecule has 0 fully saturated rings. The Morgan fingerprint density at radius 3 is 2.62 bits per heavy atom. The van der Waals surface area contributed by atoms with E-state index in [1.807, 2.05) is 32.0 Å². The molecule has 21 heavy (non-hydrogen) atoms. The van der Waals surface area contributed by atoms with Crippen LogP contribution in [0, 0.1) is 0 Å². The van der Waals surface area contributed by atoms with Crippen LogP contribution >= 0.6 is 27.3 Å². The Morgan fingerprint density at radius 1 is 1.14 bits per heavy atom. The summed E-state index contributed by atoms with van der Waals surface area (Å²) in [7, 11) is 0. The van der Waals surface area contributed by atoms with E-state index in [1.54, 1.807) is 11.3 Å². The summed E-state index contributed by atoms with van der Waals surface area (Å²) in [5.41, 5.74) is 7.31. The minimum Gasteiger partial charge on any atom is -0.253 e. The van der Waals surface area contributed by atoms with Crippen LogP contribution in [-0.2, 0) is 0 Å². The van der Waals surface area contributed by atoms with Gasteiger partial charge in [0.25, 0.3) is 0 Å². The summed E-state index contributed by atoms with van der Waals surface area (Å²) in [6.45, 7) is 3.90. The second-order valence-corrected chi connectivity index (χ2v) is 6.75. The highest BCUT2D eigenvalue weighted by atomic mass is 79.9. The van der Waals surface area contributed by atoms with Crippen molar-refractivity contribution in [3.8, 4) is 11.1 Å². The van der Waals surface area contributed by atoms with Gasteiger partial charge in [-0.05, 0) is 53.0 Å². The third-order valence-corrected chi connectivity index (χ3v) is 4.44. The molecule has 0 bridgehead atoms. The number of aromatic nitrogens is 1. The van der Waals surface area contributed by atoms with Crippen LogP contribution in [0.2, 0.25) is 0 Å². The van der Waals surface area contributed by atoms with Gasteiger partial charge >= 0.3 is 0 Å². The first-order valence-corrected chi connectivity index (χ1v) is 8.17. The summed E-state index contributed by atoms with van der Waals surface area (Å²) in [5.74, 6) is 0. The molecule has 1 heterocycles. The maximum Gasteiger partial charge on any atom is 0.204 e. The lowest BCUT2D eigenvalue weighted by atomic mass is 10.1. The number of thiazole rings is 1. The quantitative estimate of drug-likeness (QED) is 0.492. The van der Waals surface area contributed by atoms with Gasteiger partial charge in [-0.25, -0.2) is 4.98 Å². The number of benzene rings is 2. The molecule has 1 aromatic heterocycles. The monoisotopic (exact) mass is 359 g/mol. The molecule has 0 unspecified atom stereocenters. The number of nitrogens with one attached hydrogen (secondary N) is 1. The number of hydrazone groups is 1. The van der Waals surface area contributed by atoms with Crippen LogP contribution in [0.4, 0.5) is 5.13 Å². The van der Waals surface area contributed by atoms with E-state index in [0.29, 0.717) is 0 Å². The van der Waals surface area contributed by atoms with Crippen LogP contribution in [0.25, 0.3) is 21.3 Å². The Morgan fingerprint density at radius 2 is 1.90 bits per heavy atom. The fourth-order valence-corrected chi connectivity index (χ4v) is 3.55. The van der Waals surface area contributed by atoms with Gasteiger partial charge in [0.15, 0.2) is 0 Å². The van der Waals surface area contributed by atoms with Crippen molar-refractivity contribution in [2.45, 2.75) is 13.8 Å². The van der Waals surface area contributed by atoms with Crippen molar-refractivity contribution in [1.29, 1.82) is 0 Å². The molecule has 2 aromatic carbocycles. The fraction of sp³-hybridized carbons (Fsp3) is 0.125. The summed E-state index contributed by atoms with van der Waals surface area (Å²) in [6.07, 6.45) is 0. The van der Waals surface area contributed by atoms with E-state index in [1.165, 1.54) is 11.1 Å². The number of nitrogens with zero attached hydrogens (tertiary/aromatic N) is 2. The molecule has 106 valence electrons. The van der Waals surface area contributed by atoms with Crippen molar-refractivity contribution in [2.75, 3.05) is 5.43 Å². The third kappa shape index (κ3) is 3.14. The molecule has 3 nitrogen and oxygen atoms in total. The first kappa shape index (κ1) is 14.2. The first-order chi connectivity index (χ1) is 10.1. The first-order valence-electron chi connectivity index (χ1n) is 6.56. The SMILES string of the molecule is CC(C)=NNc1nc2c(Br)cc(-c3ccccc3)cc2s1. The normalized spacial score (nSPS) is 10.6. The molecule has 3 aromatic rings. The van der Waals surface area contributed by atoms with Gasteiger partial charge in [0, 0.05) is 10.2 Å². The smallest absolute Gasteiger partial charge is 0.204 e. The minimum absolute atomic E-state index is 0.803. The van der Waals surface area contributed by atoms with Crippen LogP contribution in [-0.4, -0.2) is 10.7 Å². The van der Waals surface area contributed by atoms with E-state index in [4.69, 9.17) is 0 Å². The molecule has 0 atom stereocenters. The van der Waals surface area contributed by atoms with E-state index in [-0.39, 0.29) is 0 Å². The lowest BCUT2D eigenvalue weighted by Crippen LogP contribution is -1.91. The zero-order valence-electron chi connectivity index (χ0n) is 11.7. The Kier molecular flexibility index (Phi) is 4.03. The summed E-state index contributed by atoms with van der Waals surface area (Å²) >= 11 is 5.22. The molecule has 0 radical (unpaired) electrons. The number of halogens is 1. The molecule has 1 N–H and O–H groups in total. The molecule has 0 saturated carbocycles. The van der Waals surface area contributed by atoms with Crippen LogP contribution < -0.4 is 5.43 Å². The van der Waals surface area contributed by atoms with Gasteiger partial charge in [-0.15, -0.1) is 0 Å². The maximum absolute atomic E-state index is 4.57. The predicted octanol–water partition coefficient (Wildman–Crippen LogP) is 5.53. The van der Waals surface area contributed by atoms with E-state index >= 15 is 0 Å². The molecule has 0 spiro atoms. The fourth-order valence-electron chi connectivity index (χ4n) is 1.99. The van der Waals surface area contributed by atoms with E-state index in [2.05, 4.69) is 55.7 Å². The van der Waals surface area contributed by atoms with Gasteiger partial charge in [-0.1, -0.05) is 41.7 Å². The van der Waals surface area contributed by atoms with Crippen LogP contribution in [0.15, 0.2) is 52.0 Å². The second kappa shape index (κ2) is 5.95. The van der Waals surface area contributed by atoms with Crippen molar-refractivity contribution < 1.29 is 0 Å². The highest BCUT2D eigenvalue weighted by molar-refractivity contribution is 9.10. The van der Waals surface area contributed by atoms with Gasteiger partial charge < -0.3 is 0 Å². The van der Waals surface area contributed by atoms with Gasteiger partial charge in [0.05, 0.1) is 10.2 Å². The Labute approximate surface area is 135 Å². The lowest BCUT2D eigenvalue weighted by molar-refractivity contribution is 1.28. The topological polar surface area (TPSA) is 37.3 Å². The predicted molar refractivity (Wildman–Crippen MR) is 95.2 cm³/mol. The molecule has 0 amide bonds. The molecule has 5 heteroatoms. The molecular weight excluding hydrogens is 346 g/mol. The minimum atomic E-state index is 0.803. The number of anilines is 1. The Balaban J connectivity index is 2.05. The van der Waals surface area contributed by atoms with Gasteiger partial charge in [-0.3, -0.25) is 5.43 Å². The van der Waals surface area contributed by atoms with E-state index in [0.717, 1.165) is 25.5 Å². The number of fused-ring (bicyclic) bond motifs is 1. The summed E-state index contributed by atoms with van der Waals surface area (Å²) in [5, 5.41) is 5.00. The Bertz CT molecular complexity index is 805. The molecule has 0 aliphatic heterocycles. The van der Waals surface area contributed by atoms with Crippen LogP contribution in [0.1, 0.15) is 13.8 Å². The van der Waals surface area contributed by atoms with Gasteiger partial charge in [-0.2, -0.15) is 5.10 Å². The van der Waals surface area contributed by atoms with Crippen molar-refractivity contribution in [1.82, 2.24) is 4.98 Å². The lowest BCUT2D eigenvalue weighted by Gasteiger charge is -2.02. The standard InChI is InChI=1S/C16H14BrN3S/c1-10(2)19-20-16-18-15-13(17)8-12(9-14(15)21-16)11-6-4-3-5-7-11/h3-9H,1-2H3,(H,18,20). The van der Waals surface area contributed by atoms with Gasteiger partial charge in [0.2, 0.25) is 5.13 Å². The highest BCUT2D eigenvalue weighted by Gasteiger charge is 2.09. The molecule has 0 aliphatic carbocycles. The third-order valence-electron chi connectivity index (χ3n) is 2.93. The van der Waals surface area contributed by atoms with Crippen LogP contribution in [0.5, 0.6) is 0 Å². The molecule has 0 saturated heterocycles. The van der Waals surface area contributed by atoms with E-state index in [9.17, 15) is 0 Å². The van der Waals surface area contributed by atoms with Crippen molar-refractivity contribution in [3.63, 3.8) is 0 Å². The highest BCUT2D eigenvalue weighted by Crippen LogP contribution is 2.35. The van der Waals surface area contributed by atoms with Crippen molar-refractivity contribution in [3.05, 3.63) is 46.9 Å². The maximum atomic E-state index is 4.57. The molecule has 3 rings (SSSR count). The Hall–Kier alpha value is -1.72.